The van der Waals surface area contributed by atoms with Gasteiger partial charge in [0.05, 0.1) is 22.8 Å². The van der Waals surface area contributed by atoms with Crippen LogP contribution in [0.5, 0.6) is 5.75 Å². The van der Waals surface area contributed by atoms with Gasteiger partial charge in [-0.25, -0.2) is 5.43 Å². The predicted octanol–water partition coefficient (Wildman–Crippen LogP) is 2.58. The average molecular weight is 306 g/mol. The van der Waals surface area contributed by atoms with Crippen molar-refractivity contribution in [1.29, 1.82) is 0 Å². The number of benzene rings is 1. The van der Waals surface area contributed by atoms with Crippen molar-refractivity contribution >= 4 is 39.7 Å². The number of hydrogen-bond acceptors (Lipinski definition) is 3. The van der Waals surface area contributed by atoms with Crippen molar-refractivity contribution in [2.75, 3.05) is 7.11 Å². The Morgan fingerprint density at radius 1 is 1.62 bits per heavy atom. The zero-order valence-electron chi connectivity index (χ0n) is 8.75. The molecule has 6 heteroatoms. The monoisotopic (exact) mass is 304 g/mol. The van der Waals surface area contributed by atoms with E-state index in [2.05, 4.69) is 26.5 Å². The molecule has 0 radical (unpaired) electrons. The molecule has 0 saturated carbocycles. The Labute approximate surface area is 107 Å². The summed E-state index contributed by atoms with van der Waals surface area (Å²) < 4.78 is 5.81. The summed E-state index contributed by atoms with van der Waals surface area (Å²) in [5, 5.41) is 4.21. The summed E-state index contributed by atoms with van der Waals surface area (Å²) in [5.74, 6) is 0.341. The molecule has 16 heavy (non-hydrogen) atoms. The van der Waals surface area contributed by atoms with Crippen LogP contribution >= 0.6 is 27.5 Å². The van der Waals surface area contributed by atoms with Crippen LogP contribution in [0.3, 0.4) is 0 Å². The summed E-state index contributed by atoms with van der Waals surface area (Å²) in [7, 11) is 1.54. The maximum atomic E-state index is 10.6. The van der Waals surface area contributed by atoms with Crippen molar-refractivity contribution < 1.29 is 9.53 Å². The lowest BCUT2D eigenvalue weighted by molar-refractivity contribution is -0.118. The summed E-state index contributed by atoms with van der Waals surface area (Å²) in [6.45, 7) is 1.38. The van der Waals surface area contributed by atoms with Gasteiger partial charge in [-0.1, -0.05) is 11.6 Å². The zero-order chi connectivity index (χ0) is 12.1. The fraction of sp³-hybridized carbons (Fsp3) is 0.200. The lowest BCUT2D eigenvalue weighted by Gasteiger charge is -2.06. The van der Waals surface area contributed by atoms with Gasteiger partial charge in [0.1, 0.15) is 0 Å². The number of rotatable bonds is 3. The molecule has 0 aliphatic carbocycles. The van der Waals surface area contributed by atoms with Gasteiger partial charge in [-0.3, -0.25) is 4.79 Å². The Hall–Kier alpha value is -1.07. The first-order valence-corrected chi connectivity index (χ1v) is 5.54. The van der Waals surface area contributed by atoms with Crippen LogP contribution in [0.1, 0.15) is 12.5 Å². The molecule has 0 saturated heterocycles. The number of nitrogens with one attached hydrogen (secondary N) is 1. The first-order valence-electron chi connectivity index (χ1n) is 4.37. The van der Waals surface area contributed by atoms with Gasteiger partial charge in [-0.15, -0.1) is 0 Å². The third-order valence-corrected chi connectivity index (χ3v) is 2.53. The quantitative estimate of drug-likeness (QED) is 0.689. The van der Waals surface area contributed by atoms with E-state index in [1.54, 1.807) is 12.1 Å². The zero-order valence-corrected chi connectivity index (χ0v) is 11.1. The normalized spacial score (nSPS) is 10.5. The maximum Gasteiger partial charge on any atom is 0.236 e. The molecule has 0 aliphatic heterocycles. The molecule has 1 rings (SSSR count). The van der Waals surface area contributed by atoms with E-state index in [4.69, 9.17) is 16.3 Å². The van der Waals surface area contributed by atoms with Crippen LogP contribution in [0.25, 0.3) is 0 Å². The molecule has 86 valence electrons. The molecule has 0 spiro atoms. The first kappa shape index (κ1) is 13.0. The molecule has 0 atom stereocenters. The Morgan fingerprint density at radius 3 is 2.81 bits per heavy atom. The van der Waals surface area contributed by atoms with Crippen molar-refractivity contribution in [2.45, 2.75) is 6.92 Å². The van der Waals surface area contributed by atoms with E-state index in [0.717, 1.165) is 10.0 Å². The maximum absolute atomic E-state index is 10.6. The number of hydrogen-bond donors (Lipinski definition) is 1. The lowest BCUT2D eigenvalue weighted by atomic mass is 10.2. The standard InChI is InChI=1S/C10H10BrClN2O2/c1-6(15)14-13-5-7-3-8(11)10(16-2)9(12)4-7/h3-5H,1-2H3,(H,14,15)/b13-5-. The largest absolute Gasteiger partial charge is 0.494 e. The third-order valence-electron chi connectivity index (χ3n) is 1.66. The number of carbonyl (C=O) groups is 1. The SMILES string of the molecule is COc1c(Cl)cc(/C=N\NC(C)=O)cc1Br. The number of amides is 1. The first-order chi connectivity index (χ1) is 7.54. The van der Waals surface area contributed by atoms with Crippen molar-refractivity contribution in [3.63, 3.8) is 0 Å². The predicted molar refractivity (Wildman–Crippen MR) is 67.1 cm³/mol. The number of carbonyl (C=O) groups excluding carboxylic acids is 1. The van der Waals surface area contributed by atoms with E-state index < -0.39 is 0 Å². The molecular formula is C10H10BrClN2O2. The number of halogens is 2. The molecule has 1 aromatic carbocycles. The number of hydrazone groups is 1. The van der Waals surface area contributed by atoms with E-state index in [9.17, 15) is 4.79 Å². The molecular weight excluding hydrogens is 295 g/mol. The molecule has 1 amide bonds. The molecule has 0 heterocycles. The van der Waals surface area contributed by atoms with Gasteiger partial charge >= 0.3 is 0 Å². The van der Waals surface area contributed by atoms with Crippen LogP contribution in [-0.2, 0) is 4.79 Å². The van der Waals surface area contributed by atoms with E-state index in [-0.39, 0.29) is 5.91 Å². The summed E-state index contributed by atoms with van der Waals surface area (Å²) in [6, 6.07) is 3.48. The van der Waals surface area contributed by atoms with Gasteiger partial charge in [0.25, 0.3) is 0 Å². The average Bonchev–Trinajstić information content (AvgIpc) is 2.16. The Kier molecular flexibility index (Phi) is 4.76. The fourth-order valence-electron chi connectivity index (χ4n) is 1.05. The van der Waals surface area contributed by atoms with Crippen LogP contribution in [0.4, 0.5) is 0 Å². The molecule has 0 aliphatic rings. The number of nitrogens with zero attached hydrogens (tertiary/aromatic N) is 1. The van der Waals surface area contributed by atoms with Crippen LogP contribution in [0.2, 0.25) is 5.02 Å². The van der Waals surface area contributed by atoms with Crippen molar-refractivity contribution in [3.05, 3.63) is 27.2 Å². The van der Waals surface area contributed by atoms with Gasteiger partial charge in [-0.05, 0) is 33.6 Å². The minimum atomic E-state index is -0.227. The highest BCUT2D eigenvalue weighted by molar-refractivity contribution is 9.10. The summed E-state index contributed by atoms with van der Waals surface area (Å²) >= 11 is 9.29. The minimum Gasteiger partial charge on any atom is -0.494 e. The second-order valence-corrected chi connectivity index (χ2v) is 4.21. The highest BCUT2D eigenvalue weighted by Gasteiger charge is 2.06. The van der Waals surface area contributed by atoms with Crippen LogP contribution in [0, 0.1) is 0 Å². The topological polar surface area (TPSA) is 50.7 Å². The van der Waals surface area contributed by atoms with Crippen molar-refractivity contribution in [3.8, 4) is 5.75 Å². The van der Waals surface area contributed by atoms with E-state index >= 15 is 0 Å². The van der Waals surface area contributed by atoms with Gasteiger partial charge in [-0.2, -0.15) is 5.10 Å². The van der Waals surface area contributed by atoms with E-state index in [1.807, 2.05) is 0 Å². The molecule has 0 unspecified atom stereocenters. The van der Waals surface area contributed by atoms with E-state index in [0.29, 0.717) is 10.8 Å². The van der Waals surface area contributed by atoms with Crippen molar-refractivity contribution in [2.24, 2.45) is 5.10 Å². The molecule has 0 fully saturated rings. The Morgan fingerprint density at radius 2 is 2.31 bits per heavy atom. The second kappa shape index (κ2) is 5.86. The second-order valence-electron chi connectivity index (χ2n) is 2.94. The molecule has 1 N–H and O–H groups in total. The van der Waals surface area contributed by atoms with E-state index in [1.165, 1.54) is 20.2 Å². The lowest BCUT2D eigenvalue weighted by Crippen LogP contribution is -2.12. The van der Waals surface area contributed by atoms with Gasteiger partial charge in [0.2, 0.25) is 5.91 Å². The number of ether oxygens (including phenoxy) is 1. The molecule has 0 bridgehead atoms. The Balaban J connectivity index is 2.91. The Bertz CT molecular complexity index is 412. The van der Waals surface area contributed by atoms with Gasteiger partial charge < -0.3 is 4.74 Å². The molecule has 1 aromatic rings. The van der Waals surface area contributed by atoms with Crippen LogP contribution in [0.15, 0.2) is 21.7 Å². The summed E-state index contributed by atoms with van der Waals surface area (Å²) in [6.07, 6.45) is 1.50. The minimum absolute atomic E-state index is 0.227. The highest BCUT2D eigenvalue weighted by Crippen LogP contribution is 2.33. The number of methoxy groups -OCH3 is 1. The van der Waals surface area contributed by atoms with Crippen molar-refractivity contribution in [1.82, 2.24) is 5.43 Å². The molecule has 4 nitrogen and oxygen atoms in total. The highest BCUT2D eigenvalue weighted by atomic mass is 79.9. The van der Waals surface area contributed by atoms with Gasteiger partial charge in [0.15, 0.2) is 5.75 Å². The smallest absolute Gasteiger partial charge is 0.236 e. The summed E-state index contributed by atoms with van der Waals surface area (Å²) in [5.41, 5.74) is 3.06. The van der Waals surface area contributed by atoms with Crippen LogP contribution < -0.4 is 10.2 Å². The van der Waals surface area contributed by atoms with Gasteiger partial charge in [0, 0.05) is 6.92 Å². The summed E-state index contributed by atoms with van der Waals surface area (Å²) in [4.78, 5) is 10.6. The third kappa shape index (κ3) is 3.50. The van der Waals surface area contributed by atoms with Crippen LogP contribution in [-0.4, -0.2) is 19.2 Å². The fourth-order valence-corrected chi connectivity index (χ4v) is 2.11. The molecule has 0 aromatic heterocycles.